The normalized spacial score (nSPS) is 19.6. The van der Waals surface area contributed by atoms with Gasteiger partial charge >= 0.3 is 15.6 Å². The van der Waals surface area contributed by atoms with E-state index in [1.54, 1.807) is 17.2 Å². The molecule has 0 N–H and O–H groups in total. The van der Waals surface area contributed by atoms with Crippen molar-refractivity contribution in [3.05, 3.63) is 54.2 Å². The molecule has 7 nitrogen and oxygen atoms in total. The molecular weight excluding hydrogens is 507 g/mol. The van der Waals surface area contributed by atoms with Gasteiger partial charge in [0, 0.05) is 32.3 Å². The highest BCUT2D eigenvalue weighted by Gasteiger charge is 2.48. The lowest BCUT2D eigenvalue weighted by Crippen LogP contribution is -2.39. The van der Waals surface area contributed by atoms with Crippen LogP contribution >= 0.6 is 0 Å². The maximum Gasteiger partial charge on any atom is 0.534 e. The van der Waals surface area contributed by atoms with Gasteiger partial charge in [0.05, 0.1) is 0 Å². The first-order valence-corrected chi connectivity index (χ1v) is 14.1. The number of pyridine rings is 1. The fourth-order valence-electron chi connectivity index (χ4n) is 5.17. The van der Waals surface area contributed by atoms with Crippen LogP contribution in [0.1, 0.15) is 56.4 Å². The SMILES string of the molecule is O=C(CC1CCCCC1)N(CCN1CCC(c2cccc(OS(=O)(=O)C(F)(F)F)c2)C1)c1ccccn1. The van der Waals surface area contributed by atoms with Gasteiger partial charge in [-0.3, -0.25) is 9.69 Å². The maximum absolute atomic E-state index is 13.2. The molecule has 11 heteroatoms. The highest BCUT2D eigenvalue weighted by atomic mass is 32.2. The van der Waals surface area contributed by atoms with Gasteiger partial charge in [-0.2, -0.15) is 21.6 Å². The topological polar surface area (TPSA) is 79.8 Å². The number of halogens is 3. The van der Waals surface area contributed by atoms with E-state index in [1.807, 2.05) is 18.2 Å². The van der Waals surface area contributed by atoms with Gasteiger partial charge in [0.1, 0.15) is 11.6 Å². The van der Waals surface area contributed by atoms with Crippen LogP contribution in [0.25, 0.3) is 0 Å². The summed E-state index contributed by atoms with van der Waals surface area (Å²) in [6, 6.07) is 11.3. The Morgan fingerprint density at radius 3 is 2.57 bits per heavy atom. The van der Waals surface area contributed by atoms with Crippen molar-refractivity contribution in [1.29, 1.82) is 0 Å². The number of likely N-dealkylation sites (tertiary alicyclic amines) is 1. The summed E-state index contributed by atoms with van der Waals surface area (Å²) < 4.78 is 65.1. The molecule has 4 rings (SSSR count). The highest BCUT2D eigenvalue weighted by Crippen LogP contribution is 2.32. The van der Waals surface area contributed by atoms with Crippen LogP contribution in [0.4, 0.5) is 19.0 Å². The minimum Gasteiger partial charge on any atom is -0.376 e. The number of nitrogens with zero attached hydrogens (tertiary/aromatic N) is 3. The summed E-state index contributed by atoms with van der Waals surface area (Å²) in [5.41, 5.74) is -4.77. The molecule has 1 aromatic carbocycles. The van der Waals surface area contributed by atoms with Crippen LogP contribution in [0.5, 0.6) is 5.75 Å². The van der Waals surface area contributed by atoms with Gasteiger partial charge in [0.25, 0.3) is 0 Å². The quantitative estimate of drug-likeness (QED) is 0.326. The van der Waals surface area contributed by atoms with Crippen LogP contribution in [0.3, 0.4) is 0 Å². The van der Waals surface area contributed by atoms with Gasteiger partial charge < -0.3 is 9.08 Å². The molecule has 0 radical (unpaired) electrons. The molecule has 2 aliphatic rings. The fourth-order valence-corrected chi connectivity index (χ4v) is 5.62. The second-order valence-corrected chi connectivity index (χ2v) is 11.3. The van der Waals surface area contributed by atoms with Crippen molar-refractivity contribution < 1.29 is 30.6 Å². The molecule has 1 atom stereocenters. The fraction of sp³-hybridized carbons (Fsp3) is 0.538. The lowest BCUT2D eigenvalue weighted by atomic mass is 9.86. The lowest BCUT2D eigenvalue weighted by molar-refractivity contribution is -0.119. The molecule has 0 spiro atoms. The van der Waals surface area contributed by atoms with E-state index >= 15 is 0 Å². The largest absolute Gasteiger partial charge is 0.534 e. The number of carbonyl (C=O) groups excluding carboxylic acids is 1. The number of hydrogen-bond acceptors (Lipinski definition) is 6. The number of benzene rings is 1. The van der Waals surface area contributed by atoms with Crippen LogP contribution in [0.15, 0.2) is 48.7 Å². The van der Waals surface area contributed by atoms with E-state index in [-0.39, 0.29) is 17.6 Å². The van der Waals surface area contributed by atoms with Gasteiger partial charge in [-0.25, -0.2) is 4.98 Å². The number of anilines is 1. The van der Waals surface area contributed by atoms with Crippen LogP contribution in [0.2, 0.25) is 0 Å². The Morgan fingerprint density at radius 1 is 1.08 bits per heavy atom. The van der Waals surface area contributed by atoms with Gasteiger partial charge in [-0.15, -0.1) is 0 Å². The number of aromatic nitrogens is 1. The number of rotatable bonds is 9. The van der Waals surface area contributed by atoms with Crippen LogP contribution < -0.4 is 9.08 Å². The third-order valence-corrected chi connectivity index (χ3v) is 8.12. The molecule has 1 unspecified atom stereocenters. The molecular formula is C26H32F3N3O4S. The molecule has 0 bridgehead atoms. The van der Waals surface area contributed by atoms with E-state index < -0.39 is 15.6 Å². The zero-order valence-corrected chi connectivity index (χ0v) is 21.4. The van der Waals surface area contributed by atoms with Gasteiger partial charge in [0.2, 0.25) is 5.91 Å². The summed E-state index contributed by atoms with van der Waals surface area (Å²) >= 11 is 0. The van der Waals surface area contributed by atoms with Crippen molar-refractivity contribution in [2.75, 3.05) is 31.1 Å². The molecule has 1 aliphatic carbocycles. The number of amides is 1. The number of alkyl halides is 3. The molecule has 1 aliphatic heterocycles. The van der Waals surface area contributed by atoms with E-state index in [1.165, 1.54) is 37.5 Å². The molecule has 1 saturated carbocycles. The highest BCUT2D eigenvalue weighted by molar-refractivity contribution is 7.88. The number of hydrogen-bond donors (Lipinski definition) is 0. The molecule has 2 fully saturated rings. The van der Waals surface area contributed by atoms with Gasteiger partial charge in [0.15, 0.2) is 0 Å². The Bertz CT molecular complexity index is 1160. The Morgan fingerprint density at radius 2 is 1.86 bits per heavy atom. The van der Waals surface area contributed by atoms with Crippen LogP contribution in [-0.4, -0.2) is 55.9 Å². The molecule has 2 heterocycles. The first-order valence-electron chi connectivity index (χ1n) is 12.7. The van der Waals surface area contributed by atoms with Crippen molar-refractivity contribution in [3.63, 3.8) is 0 Å². The molecule has 1 aromatic heterocycles. The summed E-state index contributed by atoms with van der Waals surface area (Å²) in [6.45, 7) is 2.51. The Labute approximate surface area is 215 Å². The Hall–Kier alpha value is -2.66. The smallest absolute Gasteiger partial charge is 0.376 e. The van der Waals surface area contributed by atoms with E-state index in [2.05, 4.69) is 14.1 Å². The summed E-state index contributed by atoms with van der Waals surface area (Å²) in [6.07, 6.45) is 8.71. The summed E-state index contributed by atoms with van der Waals surface area (Å²) in [5, 5.41) is 0. The predicted molar refractivity (Wildman–Crippen MR) is 134 cm³/mol. The van der Waals surface area contributed by atoms with E-state index in [9.17, 15) is 26.4 Å². The predicted octanol–water partition coefficient (Wildman–Crippen LogP) is 5.10. The minimum atomic E-state index is -5.72. The standard InChI is InChI=1S/C26H32F3N3O4S/c27-26(28,29)37(34,35)36-23-10-6-9-21(18-23)22-12-14-31(19-22)15-16-32(24-11-4-5-13-30-24)25(33)17-20-7-2-1-3-8-20/h4-6,9-11,13,18,20,22H,1-3,7-8,12,14-17,19H2. The van der Waals surface area contributed by atoms with Crippen molar-refractivity contribution in [2.45, 2.75) is 56.4 Å². The van der Waals surface area contributed by atoms with Gasteiger partial charge in [-0.05, 0) is 67.5 Å². The molecule has 2 aromatic rings. The van der Waals surface area contributed by atoms with E-state index in [0.717, 1.165) is 25.8 Å². The monoisotopic (exact) mass is 539 g/mol. The second kappa shape index (κ2) is 11.8. The zero-order valence-electron chi connectivity index (χ0n) is 20.6. The van der Waals surface area contributed by atoms with Crippen molar-refractivity contribution in [3.8, 4) is 5.75 Å². The number of carbonyl (C=O) groups is 1. The van der Waals surface area contributed by atoms with Crippen molar-refractivity contribution >= 4 is 21.8 Å². The molecule has 1 saturated heterocycles. The first-order chi connectivity index (χ1) is 17.6. The van der Waals surface area contributed by atoms with E-state index in [0.29, 0.717) is 43.4 Å². The lowest BCUT2D eigenvalue weighted by Gasteiger charge is -2.28. The average Bonchev–Trinajstić information content (AvgIpc) is 3.34. The third kappa shape index (κ3) is 7.22. The molecule has 37 heavy (non-hydrogen) atoms. The zero-order chi connectivity index (χ0) is 26.5. The van der Waals surface area contributed by atoms with Crippen molar-refractivity contribution in [1.82, 2.24) is 9.88 Å². The average molecular weight is 540 g/mol. The Kier molecular flexibility index (Phi) is 8.74. The van der Waals surface area contributed by atoms with E-state index in [4.69, 9.17) is 0 Å². The third-order valence-electron chi connectivity index (χ3n) is 7.15. The Balaban J connectivity index is 1.37. The minimum absolute atomic E-state index is 0.0124. The van der Waals surface area contributed by atoms with Crippen LogP contribution in [-0.2, 0) is 14.9 Å². The van der Waals surface area contributed by atoms with Gasteiger partial charge in [-0.1, -0.05) is 37.5 Å². The summed E-state index contributed by atoms with van der Waals surface area (Å²) in [5.74, 6) is 0.785. The van der Waals surface area contributed by atoms with Crippen LogP contribution in [0, 0.1) is 5.92 Å². The molecule has 202 valence electrons. The first kappa shape index (κ1) is 27.4. The molecule has 1 amide bonds. The summed E-state index contributed by atoms with van der Waals surface area (Å²) in [7, 11) is -5.72. The maximum atomic E-state index is 13.2. The second-order valence-electron chi connectivity index (χ2n) is 9.78. The summed E-state index contributed by atoms with van der Waals surface area (Å²) in [4.78, 5) is 21.6. The van der Waals surface area contributed by atoms with Crippen molar-refractivity contribution in [2.24, 2.45) is 5.92 Å².